The normalized spacial score (nSPS) is 10.3. The summed E-state index contributed by atoms with van der Waals surface area (Å²) < 4.78 is 31.3. The Morgan fingerprint density at radius 3 is 2.25 bits per heavy atom. The smallest absolute Gasteiger partial charge is 0.159 e. The van der Waals surface area contributed by atoms with E-state index in [2.05, 4.69) is 0 Å². The van der Waals surface area contributed by atoms with Crippen molar-refractivity contribution in [1.82, 2.24) is 0 Å². The SMILES string of the molecule is NC(=S)Cc1ccc(OCc2ccc(F)c(F)c2)cc1. The maximum atomic E-state index is 13.0. The molecule has 0 aromatic heterocycles. The first-order valence-electron chi connectivity index (χ1n) is 5.98. The van der Waals surface area contributed by atoms with E-state index in [9.17, 15) is 8.78 Å². The van der Waals surface area contributed by atoms with Crippen molar-refractivity contribution in [3.8, 4) is 5.75 Å². The van der Waals surface area contributed by atoms with Gasteiger partial charge in [-0.25, -0.2) is 8.78 Å². The lowest BCUT2D eigenvalue weighted by Gasteiger charge is -2.07. The van der Waals surface area contributed by atoms with Gasteiger partial charge in [-0.1, -0.05) is 30.4 Å². The van der Waals surface area contributed by atoms with Crippen LogP contribution >= 0.6 is 12.2 Å². The Morgan fingerprint density at radius 2 is 1.65 bits per heavy atom. The number of halogens is 2. The lowest BCUT2D eigenvalue weighted by atomic mass is 10.1. The van der Waals surface area contributed by atoms with Gasteiger partial charge in [0.2, 0.25) is 0 Å². The van der Waals surface area contributed by atoms with Crippen molar-refractivity contribution in [2.24, 2.45) is 5.73 Å². The fraction of sp³-hybridized carbons (Fsp3) is 0.133. The fourth-order valence-electron chi connectivity index (χ4n) is 1.70. The van der Waals surface area contributed by atoms with Crippen LogP contribution in [-0.4, -0.2) is 4.99 Å². The lowest BCUT2D eigenvalue weighted by molar-refractivity contribution is 0.305. The molecule has 0 bridgehead atoms. The van der Waals surface area contributed by atoms with Crippen molar-refractivity contribution in [3.05, 3.63) is 65.2 Å². The molecule has 104 valence electrons. The first kappa shape index (κ1) is 14.4. The van der Waals surface area contributed by atoms with Gasteiger partial charge < -0.3 is 10.5 Å². The molecule has 0 aliphatic heterocycles. The van der Waals surface area contributed by atoms with Crippen LogP contribution in [0.25, 0.3) is 0 Å². The highest BCUT2D eigenvalue weighted by Gasteiger charge is 2.03. The Bertz CT molecular complexity index is 614. The fourth-order valence-corrected chi connectivity index (χ4v) is 1.87. The summed E-state index contributed by atoms with van der Waals surface area (Å²) in [5.74, 6) is -1.10. The average molecular weight is 293 g/mol. The monoisotopic (exact) mass is 293 g/mol. The van der Waals surface area contributed by atoms with Crippen molar-refractivity contribution in [1.29, 1.82) is 0 Å². The zero-order chi connectivity index (χ0) is 14.5. The number of ether oxygens (including phenoxy) is 1. The molecule has 2 aromatic carbocycles. The molecule has 0 heterocycles. The molecule has 2 aromatic rings. The first-order chi connectivity index (χ1) is 9.54. The molecule has 0 aliphatic rings. The van der Waals surface area contributed by atoms with Gasteiger partial charge in [-0.2, -0.15) is 0 Å². The molecular weight excluding hydrogens is 280 g/mol. The lowest BCUT2D eigenvalue weighted by Crippen LogP contribution is -2.10. The molecule has 5 heteroatoms. The molecule has 0 saturated heterocycles. The summed E-state index contributed by atoms with van der Waals surface area (Å²) in [6.45, 7) is 0.172. The minimum Gasteiger partial charge on any atom is -0.489 e. The van der Waals surface area contributed by atoms with Gasteiger partial charge in [0, 0.05) is 6.42 Å². The molecule has 2 N–H and O–H groups in total. The quantitative estimate of drug-likeness (QED) is 0.858. The van der Waals surface area contributed by atoms with Crippen LogP contribution in [0.4, 0.5) is 8.78 Å². The summed E-state index contributed by atoms with van der Waals surface area (Å²) in [7, 11) is 0. The van der Waals surface area contributed by atoms with Crippen molar-refractivity contribution >= 4 is 17.2 Å². The van der Waals surface area contributed by atoms with Gasteiger partial charge in [0.25, 0.3) is 0 Å². The summed E-state index contributed by atoms with van der Waals surface area (Å²) in [5.41, 5.74) is 7.02. The number of rotatable bonds is 5. The molecule has 0 fully saturated rings. The van der Waals surface area contributed by atoms with Crippen LogP contribution in [0.1, 0.15) is 11.1 Å². The van der Waals surface area contributed by atoms with Crippen LogP contribution in [0, 0.1) is 11.6 Å². The van der Waals surface area contributed by atoms with Crippen LogP contribution < -0.4 is 10.5 Å². The summed E-state index contributed by atoms with van der Waals surface area (Å²) in [6.07, 6.45) is 0.540. The van der Waals surface area contributed by atoms with Gasteiger partial charge >= 0.3 is 0 Å². The minimum absolute atomic E-state index is 0.172. The summed E-state index contributed by atoms with van der Waals surface area (Å²) in [5, 5.41) is 0. The summed E-state index contributed by atoms with van der Waals surface area (Å²) in [6, 6.07) is 11.0. The third-order valence-corrected chi connectivity index (χ3v) is 2.84. The number of nitrogens with two attached hydrogens (primary N) is 1. The molecule has 2 rings (SSSR count). The van der Waals surface area contributed by atoms with E-state index in [1.807, 2.05) is 12.1 Å². The third kappa shape index (κ3) is 3.99. The largest absolute Gasteiger partial charge is 0.489 e. The van der Waals surface area contributed by atoms with Crippen molar-refractivity contribution in [3.63, 3.8) is 0 Å². The number of thiocarbonyl (C=S) groups is 1. The average Bonchev–Trinajstić information content (AvgIpc) is 2.41. The second kappa shape index (κ2) is 6.43. The molecular formula is C15H13F2NOS. The third-order valence-electron chi connectivity index (χ3n) is 2.69. The van der Waals surface area contributed by atoms with Crippen LogP contribution in [0.3, 0.4) is 0 Å². The number of benzene rings is 2. The molecule has 20 heavy (non-hydrogen) atoms. The first-order valence-corrected chi connectivity index (χ1v) is 6.39. The van der Waals surface area contributed by atoms with E-state index in [-0.39, 0.29) is 6.61 Å². The van der Waals surface area contributed by atoms with E-state index in [1.165, 1.54) is 6.07 Å². The maximum Gasteiger partial charge on any atom is 0.159 e. The zero-order valence-electron chi connectivity index (χ0n) is 10.6. The van der Waals surface area contributed by atoms with Crippen LogP contribution in [0.2, 0.25) is 0 Å². The molecule has 0 aliphatic carbocycles. The van der Waals surface area contributed by atoms with Crippen LogP contribution in [0.5, 0.6) is 5.75 Å². The molecule has 2 nitrogen and oxygen atoms in total. The van der Waals surface area contributed by atoms with Gasteiger partial charge in [0.05, 0.1) is 4.99 Å². The topological polar surface area (TPSA) is 35.2 Å². The van der Waals surface area contributed by atoms with Crippen LogP contribution in [-0.2, 0) is 13.0 Å². The van der Waals surface area contributed by atoms with Crippen LogP contribution in [0.15, 0.2) is 42.5 Å². The van der Waals surface area contributed by atoms with E-state index in [0.29, 0.717) is 22.7 Å². The van der Waals surface area contributed by atoms with E-state index >= 15 is 0 Å². The second-order valence-corrected chi connectivity index (χ2v) is 4.85. The Labute approximate surface area is 121 Å². The second-order valence-electron chi connectivity index (χ2n) is 4.32. The van der Waals surface area contributed by atoms with Gasteiger partial charge in [-0.15, -0.1) is 0 Å². The van der Waals surface area contributed by atoms with Gasteiger partial charge in [-0.3, -0.25) is 0 Å². The van der Waals surface area contributed by atoms with Gasteiger partial charge in [0.1, 0.15) is 12.4 Å². The summed E-state index contributed by atoms with van der Waals surface area (Å²) >= 11 is 4.83. The molecule has 0 amide bonds. The van der Waals surface area contributed by atoms with E-state index in [1.54, 1.807) is 12.1 Å². The molecule has 0 unspecified atom stereocenters. The Kier molecular flexibility index (Phi) is 4.63. The van der Waals surface area contributed by atoms with Gasteiger partial charge in [0.15, 0.2) is 11.6 Å². The zero-order valence-corrected chi connectivity index (χ0v) is 11.4. The molecule has 0 radical (unpaired) electrons. The van der Waals surface area contributed by atoms with Crippen molar-refractivity contribution < 1.29 is 13.5 Å². The Hall–Kier alpha value is -2.01. The highest BCUT2D eigenvalue weighted by atomic mass is 32.1. The standard InChI is InChI=1S/C15H13F2NOS/c16-13-6-3-11(7-14(13)17)9-19-12-4-1-10(2-5-12)8-15(18)20/h1-7H,8-9H2,(H2,18,20). The van der Waals surface area contributed by atoms with E-state index < -0.39 is 11.6 Å². The minimum atomic E-state index is -0.877. The summed E-state index contributed by atoms with van der Waals surface area (Å²) in [4.78, 5) is 0.431. The number of hydrogen-bond acceptors (Lipinski definition) is 2. The molecule has 0 saturated carbocycles. The molecule has 0 spiro atoms. The predicted octanol–water partition coefficient (Wildman–Crippen LogP) is 3.37. The van der Waals surface area contributed by atoms with E-state index in [0.717, 1.165) is 17.7 Å². The maximum absolute atomic E-state index is 13.0. The Balaban J connectivity index is 1.96. The number of hydrogen-bond donors (Lipinski definition) is 1. The highest BCUT2D eigenvalue weighted by molar-refractivity contribution is 7.80. The predicted molar refractivity (Wildman–Crippen MR) is 77.6 cm³/mol. The van der Waals surface area contributed by atoms with Crippen molar-refractivity contribution in [2.75, 3.05) is 0 Å². The Morgan fingerprint density at radius 1 is 1.00 bits per heavy atom. The molecule has 0 atom stereocenters. The van der Waals surface area contributed by atoms with E-state index in [4.69, 9.17) is 22.7 Å². The highest BCUT2D eigenvalue weighted by Crippen LogP contribution is 2.16. The van der Waals surface area contributed by atoms with Gasteiger partial charge in [-0.05, 0) is 35.4 Å². The van der Waals surface area contributed by atoms with Crippen molar-refractivity contribution in [2.45, 2.75) is 13.0 Å².